The van der Waals surface area contributed by atoms with E-state index in [9.17, 15) is 43.7 Å². The zero-order valence-corrected chi connectivity index (χ0v) is 39.0. The average molecular weight is 925 g/mol. The molecule has 7 atom stereocenters. The highest BCUT2D eigenvalue weighted by Gasteiger charge is 2.39. The predicted molar refractivity (Wildman–Crippen MR) is 236 cm³/mol. The van der Waals surface area contributed by atoms with Crippen molar-refractivity contribution < 1.29 is 76.6 Å². The molecular formula is C44H78O16P2. The van der Waals surface area contributed by atoms with E-state index in [1.807, 2.05) is 12.2 Å². The number of hydrogen-bond acceptors (Lipinski definition) is 13. The molecule has 16 nitrogen and oxygen atoms in total. The molecule has 0 aromatic carbocycles. The van der Waals surface area contributed by atoms with E-state index in [1.165, 1.54) is 25.7 Å². The number of rotatable bonds is 39. The van der Waals surface area contributed by atoms with Crippen molar-refractivity contribution >= 4 is 33.4 Å². The monoisotopic (exact) mass is 924 g/mol. The summed E-state index contributed by atoms with van der Waals surface area (Å²) in [5, 5.41) is 30.5. The number of carbonyl (C=O) groups is 3. The van der Waals surface area contributed by atoms with E-state index in [1.54, 1.807) is 12.2 Å². The van der Waals surface area contributed by atoms with Gasteiger partial charge in [-0.25, -0.2) is 9.13 Å². The second-order valence-electron chi connectivity index (χ2n) is 16.1. The summed E-state index contributed by atoms with van der Waals surface area (Å²) in [5.41, 5.74) is 0. The fraction of sp³-hybridized carbons (Fsp3) is 0.795. The lowest BCUT2D eigenvalue weighted by Gasteiger charge is -2.20. The SMILES string of the molecule is CCCCCC/C=C\CCCCCCCCCC(=O)O[C@H](COC(=O)CCC/C=C\C[C@H]1[C@@H](O)CC(=O)[C@@H]1/C=C/[C@@H](O)CCCCC)COP(=O)(O)OC[C@@H](O)COP(=O)(O)O. The number of aliphatic hydroxyl groups excluding tert-OH is 3. The summed E-state index contributed by atoms with van der Waals surface area (Å²) >= 11 is 0. The summed E-state index contributed by atoms with van der Waals surface area (Å²) in [6, 6.07) is 0. The maximum absolute atomic E-state index is 12.7. The Kier molecular flexibility index (Phi) is 32.9. The molecule has 0 amide bonds. The number of carbonyl (C=O) groups excluding carboxylic acids is 3. The smallest absolute Gasteiger partial charge is 0.462 e. The van der Waals surface area contributed by atoms with Gasteiger partial charge in [-0.15, -0.1) is 0 Å². The molecule has 0 aliphatic heterocycles. The maximum atomic E-state index is 12.7. The van der Waals surface area contributed by atoms with Crippen LogP contribution < -0.4 is 0 Å². The number of unbranched alkanes of at least 4 members (excludes halogenated alkanes) is 14. The number of ketones is 1. The third-order valence-electron chi connectivity index (χ3n) is 10.4. The van der Waals surface area contributed by atoms with Gasteiger partial charge in [0.1, 0.15) is 18.5 Å². The zero-order valence-electron chi connectivity index (χ0n) is 37.2. The van der Waals surface area contributed by atoms with Gasteiger partial charge in [0.2, 0.25) is 0 Å². The van der Waals surface area contributed by atoms with Crippen LogP contribution in [0.1, 0.15) is 162 Å². The van der Waals surface area contributed by atoms with Crippen molar-refractivity contribution in [2.45, 2.75) is 186 Å². The van der Waals surface area contributed by atoms with Crippen molar-refractivity contribution in [3.8, 4) is 0 Å². The van der Waals surface area contributed by atoms with Crippen LogP contribution in [0.4, 0.5) is 0 Å². The topological polar surface area (TPSA) is 253 Å². The molecule has 0 spiro atoms. The molecule has 1 unspecified atom stereocenters. The molecule has 1 aliphatic carbocycles. The first-order chi connectivity index (χ1) is 29.6. The molecule has 1 saturated carbocycles. The summed E-state index contributed by atoms with van der Waals surface area (Å²) < 4.78 is 47.8. The lowest BCUT2D eigenvalue weighted by molar-refractivity contribution is -0.161. The van der Waals surface area contributed by atoms with Gasteiger partial charge in [0.15, 0.2) is 6.10 Å². The minimum Gasteiger partial charge on any atom is -0.462 e. The van der Waals surface area contributed by atoms with E-state index in [0.717, 1.165) is 70.6 Å². The lowest BCUT2D eigenvalue weighted by Crippen LogP contribution is -2.30. The van der Waals surface area contributed by atoms with Crippen LogP contribution >= 0.6 is 15.6 Å². The normalized spacial score (nSPS) is 19.7. The van der Waals surface area contributed by atoms with Crippen molar-refractivity contribution in [1.82, 2.24) is 0 Å². The van der Waals surface area contributed by atoms with Crippen molar-refractivity contribution in [2.75, 3.05) is 26.4 Å². The average Bonchev–Trinajstić information content (AvgIpc) is 3.49. The second-order valence-corrected chi connectivity index (χ2v) is 18.8. The molecule has 1 rings (SSSR count). The fourth-order valence-electron chi connectivity index (χ4n) is 6.79. The number of esters is 2. The van der Waals surface area contributed by atoms with Crippen LogP contribution in [0.2, 0.25) is 0 Å². The molecule has 0 bridgehead atoms. The highest BCUT2D eigenvalue weighted by atomic mass is 31.2. The number of ether oxygens (including phenoxy) is 2. The second kappa shape index (κ2) is 35.2. The van der Waals surface area contributed by atoms with Gasteiger partial charge in [0, 0.05) is 31.1 Å². The van der Waals surface area contributed by atoms with Crippen molar-refractivity contribution in [1.29, 1.82) is 0 Å². The minimum absolute atomic E-state index is 0.00366. The highest BCUT2D eigenvalue weighted by molar-refractivity contribution is 7.47. The van der Waals surface area contributed by atoms with Gasteiger partial charge < -0.3 is 39.5 Å². The van der Waals surface area contributed by atoms with Crippen LogP contribution in [0.25, 0.3) is 0 Å². The number of phosphoric ester groups is 2. The Morgan fingerprint density at radius 2 is 1.24 bits per heavy atom. The molecule has 0 heterocycles. The molecule has 18 heteroatoms. The van der Waals surface area contributed by atoms with Crippen LogP contribution in [0.3, 0.4) is 0 Å². The predicted octanol–water partition coefficient (Wildman–Crippen LogP) is 8.26. The van der Waals surface area contributed by atoms with Gasteiger partial charge in [-0.1, -0.05) is 121 Å². The number of allylic oxidation sites excluding steroid dienone is 5. The Hall–Kier alpha value is -2.07. The van der Waals surface area contributed by atoms with Gasteiger partial charge in [0.25, 0.3) is 0 Å². The van der Waals surface area contributed by atoms with Crippen LogP contribution in [-0.2, 0) is 46.6 Å². The van der Waals surface area contributed by atoms with Gasteiger partial charge in [-0.3, -0.25) is 28.0 Å². The quantitative estimate of drug-likeness (QED) is 0.0147. The Morgan fingerprint density at radius 1 is 0.694 bits per heavy atom. The zero-order chi connectivity index (χ0) is 46.1. The Bertz CT molecular complexity index is 1400. The largest absolute Gasteiger partial charge is 0.472 e. The van der Waals surface area contributed by atoms with Crippen molar-refractivity contribution in [3.63, 3.8) is 0 Å². The minimum atomic E-state index is -4.90. The highest BCUT2D eigenvalue weighted by Crippen LogP contribution is 2.44. The van der Waals surface area contributed by atoms with E-state index < -0.39 is 84.3 Å². The van der Waals surface area contributed by atoms with Crippen LogP contribution in [0, 0.1) is 11.8 Å². The number of Topliss-reactive ketones (excluding diaryl/α,β-unsaturated/α-hetero) is 1. The summed E-state index contributed by atoms with van der Waals surface area (Å²) in [5.74, 6) is -2.09. The van der Waals surface area contributed by atoms with Crippen LogP contribution in [0.15, 0.2) is 36.5 Å². The Morgan fingerprint density at radius 3 is 1.90 bits per heavy atom. The van der Waals surface area contributed by atoms with Crippen LogP contribution in [-0.4, -0.2) is 98.6 Å². The summed E-state index contributed by atoms with van der Waals surface area (Å²) in [6.45, 7) is 1.34. The van der Waals surface area contributed by atoms with E-state index in [0.29, 0.717) is 32.1 Å². The third-order valence-corrected chi connectivity index (χ3v) is 11.8. The molecule has 1 aliphatic rings. The molecule has 62 heavy (non-hydrogen) atoms. The molecule has 0 saturated heterocycles. The molecule has 0 aromatic heterocycles. The molecular weight excluding hydrogens is 846 g/mol. The number of aliphatic hydroxyl groups is 3. The Labute approximate surface area is 369 Å². The molecule has 6 N–H and O–H groups in total. The van der Waals surface area contributed by atoms with Gasteiger partial charge in [0.05, 0.1) is 32.0 Å². The maximum Gasteiger partial charge on any atom is 0.472 e. The number of hydrogen-bond donors (Lipinski definition) is 6. The van der Waals surface area contributed by atoms with Gasteiger partial charge >= 0.3 is 27.6 Å². The Balaban J connectivity index is 2.56. The first-order valence-electron chi connectivity index (χ1n) is 22.8. The summed E-state index contributed by atoms with van der Waals surface area (Å²) in [6.07, 6.45) is 26.4. The van der Waals surface area contributed by atoms with E-state index in [-0.39, 0.29) is 31.0 Å². The first-order valence-corrected chi connectivity index (χ1v) is 25.8. The lowest BCUT2D eigenvalue weighted by atomic mass is 9.90. The van der Waals surface area contributed by atoms with Gasteiger partial charge in [-0.2, -0.15) is 0 Å². The van der Waals surface area contributed by atoms with E-state index in [4.69, 9.17) is 23.8 Å². The third kappa shape index (κ3) is 31.7. The summed E-state index contributed by atoms with van der Waals surface area (Å²) in [7, 11) is -9.77. The summed E-state index contributed by atoms with van der Waals surface area (Å²) in [4.78, 5) is 65.4. The number of phosphoric acid groups is 2. The molecule has 360 valence electrons. The van der Waals surface area contributed by atoms with Gasteiger partial charge in [-0.05, 0) is 57.8 Å². The van der Waals surface area contributed by atoms with Crippen LogP contribution in [0.5, 0.6) is 0 Å². The molecule has 0 radical (unpaired) electrons. The standard InChI is InChI=1S/C44H78O16P2/c1-3-5-7-8-9-10-11-12-13-14-15-16-17-18-24-28-44(50)60-38(35-59-62(54,55)58-33-37(46)32-57-61(51,52)53)34-56-43(49)27-23-20-19-22-26-39-40(42(48)31-41(39)47)30-29-36(45)25-21-6-4-2/h10-11,19,22,29-30,36-41,45-47H,3-9,12-18,20-21,23-28,31-35H2,1-2H3,(H,54,55)(H2,51,52,53)/b11-10-,22-19-,30-29+/t36-,37-,38+,39+,40+,41-/m0/s1. The van der Waals surface area contributed by atoms with E-state index in [2.05, 4.69) is 35.0 Å². The van der Waals surface area contributed by atoms with Crippen molar-refractivity contribution in [2.24, 2.45) is 11.8 Å². The molecule has 1 fully saturated rings. The fourth-order valence-corrected chi connectivity index (χ4v) is 7.95. The first kappa shape index (κ1) is 57.9. The van der Waals surface area contributed by atoms with E-state index >= 15 is 0 Å². The molecule has 0 aromatic rings. The van der Waals surface area contributed by atoms with Crippen molar-refractivity contribution in [3.05, 3.63) is 36.5 Å².